The lowest BCUT2D eigenvalue weighted by atomic mass is 10.0. The Hall–Kier alpha value is -2.41. The van der Waals surface area contributed by atoms with E-state index in [0.717, 1.165) is 0 Å². The molecule has 1 aromatic carbocycles. The molecule has 0 aromatic heterocycles. The van der Waals surface area contributed by atoms with Crippen LogP contribution in [0, 0.1) is 0 Å². The summed E-state index contributed by atoms with van der Waals surface area (Å²) in [7, 11) is 0. The summed E-state index contributed by atoms with van der Waals surface area (Å²) >= 11 is 0. The molecule has 0 spiro atoms. The Morgan fingerprint density at radius 2 is 1.50 bits per heavy atom. The summed E-state index contributed by atoms with van der Waals surface area (Å²) < 4.78 is 0. The number of rotatable bonds is 8. The number of hydrogen-bond acceptors (Lipinski definition) is 4. The van der Waals surface area contributed by atoms with Crippen LogP contribution in [-0.2, 0) is 20.8 Å². The van der Waals surface area contributed by atoms with Crippen LogP contribution in [-0.4, -0.2) is 45.3 Å². The monoisotopic (exact) mass is 281 g/mol. The molecule has 1 aromatic rings. The van der Waals surface area contributed by atoms with Crippen molar-refractivity contribution in [3.63, 3.8) is 0 Å². The van der Waals surface area contributed by atoms with Crippen molar-refractivity contribution in [1.29, 1.82) is 0 Å². The summed E-state index contributed by atoms with van der Waals surface area (Å²) in [5, 5.41) is 29.0. The number of aliphatic carboxylic acids is 3. The van der Waals surface area contributed by atoms with E-state index in [1.165, 1.54) is 0 Å². The van der Waals surface area contributed by atoms with E-state index >= 15 is 0 Å². The van der Waals surface area contributed by atoms with Crippen LogP contribution in [0.4, 0.5) is 0 Å². The van der Waals surface area contributed by atoms with Gasteiger partial charge in [0.05, 0.1) is 6.42 Å². The van der Waals surface area contributed by atoms with Crippen LogP contribution < -0.4 is 5.32 Å². The molecule has 20 heavy (non-hydrogen) atoms. The van der Waals surface area contributed by atoms with Gasteiger partial charge in [0.15, 0.2) is 0 Å². The lowest BCUT2D eigenvalue weighted by Crippen LogP contribution is -2.49. The third-order valence-electron chi connectivity index (χ3n) is 2.66. The van der Waals surface area contributed by atoms with Crippen molar-refractivity contribution in [2.75, 3.05) is 0 Å². The molecular formula is C13H15NO6. The number of carboxylic acids is 3. The van der Waals surface area contributed by atoms with E-state index in [9.17, 15) is 14.4 Å². The second-order valence-electron chi connectivity index (χ2n) is 4.24. The average molecular weight is 281 g/mol. The number of carbonyl (C=O) groups is 3. The highest BCUT2D eigenvalue weighted by Gasteiger charge is 2.27. The topological polar surface area (TPSA) is 124 Å². The van der Waals surface area contributed by atoms with Crippen molar-refractivity contribution in [3.8, 4) is 0 Å². The molecule has 0 aliphatic carbocycles. The molecule has 0 saturated heterocycles. The molecule has 1 unspecified atom stereocenters. The van der Waals surface area contributed by atoms with Gasteiger partial charge >= 0.3 is 17.9 Å². The highest BCUT2D eigenvalue weighted by atomic mass is 16.4. The third kappa shape index (κ3) is 5.07. The van der Waals surface area contributed by atoms with Gasteiger partial charge in [-0.1, -0.05) is 30.3 Å². The molecule has 4 N–H and O–H groups in total. The van der Waals surface area contributed by atoms with Gasteiger partial charge in [0.2, 0.25) is 0 Å². The second-order valence-corrected chi connectivity index (χ2v) is 4.24. The van der Waals surface area contributed by atoms with Crippen LogP contribution >= 0.6 is 0 Å². The fourth-order valence-corrected chi connectivity index (χ4v) is 1.70. The highest BCUT2D eigenvalue weighted by molar-refractivity contribution is 5.82. The molecule has 2 atom stereocenters. The minimum atomic E-state index is -1.45. The van der Waals surface area contributed by atoms with Crippen LogP contribution in [0.5, 0.6) is 0 Å². The summed E-state index contributed by atoms with van der Waals surface area (Å²) in [6.45, 7) is 0. The number of carboxylic acid groups (broad SMARTS) is 3. The first-order chi connectivity index (χ1) is 9.40. The van der Waals surface area contributed by atoms with Crippen molar-refractivity contribution < 1.29 is 29.7 Å². The Balaban J connectivity index is 2.77. The van der Waals surface area contributed by atoms with E-state index in [1.807, 2.05) is 0 Å². The second kappa shape index (κ2) is 7.25. The first-order valence-electron chi connectivity index (χ1n) is 5.87. The van der Waals surface area contributed by atoms with E-state index in [1.54, 1.807) is 30.3 Å². The van der Waals surface area contributed by atoms with Gasteiger partial charge in [-0.15, -0.1) is 0 Å². The first-order valence-corrected chi connectivity index (χ1v) is 5.87. The van der Waals surface area contributed by atoms with Crippen LogP contribution in [0.25, 0.3) is 0 Å². The Labute approximate surface area is 114 Å². The van der Waals surface area contributed by atoms with E-state index in [-0.39, 0.29) is 6.42 Å². The van der Waals surface area contributed by atoms with Crippen LogP contribution in [0.3, 0.4) is 0 Å². The SMILES string of the molecule is O=C(O)C[C@H](NC(Cc1ccccc1)C(=O)O)C(=O)O. The van der Waals surface area contributed by atoms with E-state index in [0.29, 0.717) is 5.56 Å². The lowest BCUT2D eigenvalue weighted by molar-refractivity contribution is -0.147. The van der Waals surface area contributed by atoms with E-state index in [2.05, 4.69) is 5.32 Å². The van der Waals surface area contributed by atoms with Crippen LogP contribution in [0.1, 0.15) is 12.0 Å². The molecule has 0 aliphatic rings. The first kappa shape index (κ1) is 15.6. The van der Waals surface area contributed by atoms with Gasteiger partial charge in [-0.05, 0) is 12.0 Å². The predicted octanol–water partition coefficient (Wildman–Crippen LogP) is 0.200. The van der Waals surface area contributed by atoms with Gasteiger partial charge in [-0.25, -0.2) is 0 Å². The molecule has 0 bridgehead atoms. The van der Waals surface area contributed by atoms with E-state index < -0.39 is 36.4 Å². The molecule has 0 aliphatic heterocycles. The summed E-state index contributed by atoms with van der Waals surface area (Å²) in [5.41, 5.74) is 0.715. The molecule has 0 amide bonds. The number of hydrogen-bond donors (Lipinski definition) is 4. The van der Waals surface area contributed by atoms with E-state index in [4.69, 9.17) is 15.3 Å². The lowest BCUT2D eigenvalue weighted by Gasteiger charge is -2.19. The maximum Gasteiger partial charge on any atom is 0.321 e. The molecule has 0 radical (unpaired) electrons. The molecule has 1 rings (SSSR count). The summed E-state index contributed by atoms with van der Waals surface area (Å²) in [6.07, 6.45) is -0.618. The van der Waals surface area contributed by atoms with Gasteiger partial charge in [-0.3, -0.25) is 19.7 Å². The zero-order valence-corrected chi connectivity index (χ0v) is 10.5. The summed E-state index contributed by atoms with van der Waals surface area (Å²) in [6, 6.07) is 6.06. The zero-order valence-electron chi connectivity index (χ0n) is 10.5. The third-order valence-corrected chi connectivity index (χ3v) is 2.66. The molecule has 0 fully saturated rings. The summed E-state index contributed by atoms with van der Waals surface area (Å²) in [5.74, 6) is -3.94. The van der Waals surface area contributed by atoms with Crippen molar-refractivity contribution in [2.45, 2.75) is 24.9 Å². The van der Waals surface area contributed by atoms with Gasteiger partial charge in [0.1, 0.15) is 12.1 Å². The van der Waals surface area contributed by atoms with Gasteiger partial charge in [0.25, 0.3) is 0 Å². The summed E-state index contributed by atoms with van der Waals surface area (Å²) in [4.78, 5) is 32.6. The maximum absolute atomic E-state index is 11.1. The predicted molar refractivity (Wildman–Crippen MR) is 68.4 cm³/mol. The Morgan fingerprint density at radius 1 is 0.950 bits per heavy atom. The fraction of sp³-hybridized carbons (Fsp3) is 0.308. The number of nitrogens with one attached hydrogen (secondary N) is 1. The van der Waals surface area contributed by atoms with Crippen molar-refractivity contribution in [2.24, 2.45) is 0 Å². The zero-order chi connectivity index (χ0) is 15.1. The molecule has 7 nitrogen and oxygen atoms in total. The average Bonchev–Trinajstić information content (AvgIpc) is 2.37. The smallest absolute Gasteiger partial charge is 0.321 e. The fourth-order valence-electron chi connectivity index (χ4n) is 1.70. The van der Waals surface area contributed by atoms with Crippen LogP contribution in [0.15, 0.2) is 30.3 Å². The Morgan fingerprint density at radius 3 is 1.95 bits per heavy atom. The highest BCUT2D eigenvalue weighted by Crippen LogP contribution is 2.05. The largest absolute Gasteiger partial charge is 0.481 e. The van der Waals surface area contributed by atoms with Crippen molar-refractivity contribution >= 4 is 17.9 Å². The van der Waals surface area contributed by atoms with Crippen molar-refractivity contribution in [1.82, 2.24) is 5.32 Å². The molecule has 0 heterocycles. The normalized spacial score (nSPS) is 13.4. The quantitative estimate of drug-likeness (QED) is 0.536. The van der Waals surface area contributed by atoms with Gasteiger partial charge in [-0.2, -0.15) is 0 Å². The molecule has 7 heteroatoms. The number of benzene rings is 1. The molecular weight excluding hydrogens is 266 g/mol. The van der Waals surface area contributed by atoms with Gasteiger partial charge in [0, 0.05) is 0 Å². The molecule has 108 valence electrons. The minimum absolute atomic E-state index is 0.0690. The minimum Gasteiger partial charge on any atom is -0.481 e. The maximum atomic E-state index is 11.1. The van der Waals surface area contributed by atoms with Gasteiger partial charge < -0.3 is 15.3 Å². The Bertz CT molecular complexity index is 487. The standard InChI is InChI=1S/C13H15NO6/c15-11(16)7-10(13(19)20)14-9(12(17)18)6-8-4-2-1-3-5-8/h1-5,9-10,14H,6-7H2,(H,15,16)(H,17,18)(H,19,20)/t9?,10-/m0/s1. The Kier molecular flexibility index (Phi) is 5.67. The van der Waals surface area contributed by atoms with Crippen molar-refractivity contribution in [3.05, 3.63) is 35.9 Å². The van der Waals surface area contributed by atoms with Crippen LogP contribution in [0.2, 0.25) is 0 Å². The molecule has 0 saturated carbocycles.